The average Bonchev–Trinajstić information content (AvgIpc) is 2.95. The lowest BCUT2D eigenvalue weighted by molar-refractivity contribution is -0.113. The van der Waals surface area contributed by atoms with Crippen molar-refractivity contribution in [1.29, 1.82) is 0 Å². The molecule has 0 fully saturated rings. The lowest BCUT2D eigenvalue weighted by atomic mass is 10.2. The molecule has 28 heavy (non-hydrogen) atoms. The number of hydrogen-bond acceptors (Lipinski definition) is 6. The van der Waals surface area contributed by atoms with Gasteiger partial charge in [-0.15, -0.1) is 11.3 Å². The molecule has 0 aliphatic heterocycles. The highest BCUT2D eigenvalue weighted by molar-refractivity contribution is 7.99. The molecule has 0 saturated carbocycles. The van der Waals surface area contributed by atoms with E-state index in [0.717, 1.165) is 28.1 Å². The number of fused-ring (bicyclic) bond motifs is 1. The van der Waals surface area contributed by atoms with Crippen LogP contribution in [0.5, 0.6) is 0 Å². The summed E-state index contributed by atoms with van der Waals surface area (Å²) in [6.07, 6.45) is 3.33. The minimum Gasteiger partial charge on any atom is -0.310 e. The van der Waals surface area contributed by atoms with Gasteiger partial charge in [-0.05, 0) is 38.0 Å². The van der Waals surface area contributed by atoms with Crippen LogP contribution in [0.15, 0.2) is 28.3 Å². The van der Waals surface area contributed by atoms with Crippen LogP contribution in [0.25, 0.3) is 10.2 Å². The number of carbonyl (C=O) groups excluding carboxylic acids is 1. The van der Waals surface area contributed by atoms with Gasteiger partial charge in [0, 0.05) is 17.6 Å². The van der Waals surface area contributed by atoms with Gasteiger partial charge in [0.1, 0.15) is 10.6 Å². The zero-order chi connectivity index (χ0) is 20.3. The first-order chi connectivity index (χ1) is 13.4. The van der Waals surface area contributed by atoms with Gasteiger partial charge in [-0.1, -0.05) is 36.7 Å². The van der Waals surface area contributed by atoms with Gasteiger partial charge in [0.25, 0.3) is 5.56 Å². The van der Waals surface area contributed by atoms with Crippen molar-refractivity contribution in [3.8, 4) is 0 Å². The third kappa shape index (κ3) is 4.56. The average molecular weight is 437 g/mol. The minimum absolute atomic E-state index is 0.0254. The van der Waals surface area contributed by atoms with Gasteiger partial charge in [-0.25, -0.2) is 9.97 Å². The molecule has 0 unspecified atom stereocenters. The molecule has 3 rings (SSSR count). The van der Waals surface area contributed by atoms with E-state index in [1.807, 2.05) is 13.8 Å². The number of rotatable bonds is 7. The molecule has 0 bridgehead atoms. The van der Waals surface area contributed by atoms with Crippen molar-refractivity contribution < 1.29 is 4.79 Å². The summed E-state index contributed by atoms with van der Waals surface area (Å²) in [5, 5.41) is 4.50. The van der Waals surface area contributed by atoms with Crippen molar-refractivity contribution in [2.75, 3.05) is 11.1 Å². The Bertz CT molecular complexity index is 1060. The molecule has 6 nitrogen and oxygen atoms in total. The number of amides is 1. The lowest BCUT2D eigenvalue weighted by Gasteiger charge is -2.12. The van der Waals surface area contributed by atoms with Crippen LogP contribution in [-0.2, 0) is 11.3 Å². The molecule has 1 amide bonds. The van der Waals surface area contributed by atoms with Crippen molar-refractivity contribution in [3.63, 3.8) is 0 Å². The Labute approximate surface area is 176 Å². The number of nitrogens with one attached hydrogen (secondary N) is 1. The SMILES string of the molecule is CCCCn1c(SCC(=O)Nc2ccc(Cl)cn2)nc2sc(C)c(C)c2c1=O. The third-order valence-electron chi connectivity index (χ3n) is 4.32. The first-order valence-corrected chi connectivity index (χ1v) is 11.1. The number of carbonyl (C=O) groups is 1. The molecule has 3 aromatic heterocycles. The number of pyridine rings is 1. The molecule has 0 aliphatic rings. The maximum absolute atomic E-state index is 13.1. The smallest absolute Gasteiger partial charge is 0.263 e. The molecule has 1 N–H and O–H groups in total. The summed E-state index contributed by atoms with van der Waals surface area (Å²) in [5.41, 5.74) is 0.966. The Morgan fingerprint density at radius 3 is 2.82 bits per heavy atom. The summed E-state index contributed by atoms with van der Waals surface area (Å²) in [5.74, 6) is 0.360. The maximum Gasteiger partial charge on any atom is 0.263 e. The predicted octanol–water partition coefficient (Wildman–Crippen LogP) is 4.65. The number of anilines is 1. The van der Waals surface area contributed by atoms with Gasteiger partial charge in [0.2, 0.25) is 5.91 Å². The number of thioether (sulfide) groups is 1. The fourth-order valence-corrected chi connectivity index (χ4v) is 4.70. The Balaban J connectivity index is 1.83. The standard InChI is InChI=1S/C19H21ClN4O2S2/c1-4-5-8-24-18(26)16-11(2)12(3)28-17(16)23-19(24)27-10-15(25)22-14-7-6-13(20)9-21-14/h6-7,9H,4-5,8,10H2,1-3H3,(H,21,22,25). The molecule has 3 heterocycles. The third-order valence-corrected chi connectivity index (χ3v) is 6.62. The highest BCUT2D eigenvalue weighted by atomic mass is 35.5. The highest BCUT2D eigenvalue weighted by Gasteiger charge is 2.17. The van der Waals surface area contributed by atoms with E-state index in [2.05, 4.69) is 17.2 Å². The minimum atomic E-state index is -0.213. The van der Waals surface area contributed by atoms with Crippen LogP contribution in [0.3, 0.4) is 0 Å². The quantitative estimate of drug-likeness (QED) is 0.430. The summed E-state index contributed by atoms with van der Waals surface area (Å²) in [6.45, 7) is 6.63. The van der Waals surface area contributed by atoms with Crippen molar-refractivity contribution in [2.45, 2.75) is 45.3 Å². The number of nitrogens with zero attached hydrogens (tertiary/aromatic N) is 3. The van der Waals surface area contributed by atoms with Gasteiger partial charge in [0.05, 0.1) is 16.2 Å². The van der Waals surface area contributed by atoms with Crippen LogP contribution in [0, 0.1) is 13.8 Å². The van der Waals surface area contributed by atoms with E-state index in [1.54, 1.807) is 16.7 Å². The van der Waals surface area contributed by atoms with Crippen LogP contribution in [0.2, 0.25) is 5.02 Å². The monoisotopic (exact) mass is 436 g/mol. The molecule has 0 radical (unpaired) electrons. The molecule has 0 spiro atoms. The van der Waals surface area contributed by atoms with E-state index in [1.165, 1.54) is 29.3 Å². The van der Waals surface area contributed by atoms with Crippen LogP contribution in [0.4, 0.5) is 5.82 Å². The summed E-state index contributed by atoms with van der Waals surface area (Å²) in [4.78, 5) is 35.9. The normalized spacial score (nSPS) is 11.1. The zero-order valence-corrected chi connectivity index (χ0v) is 18.3. The Kier molecular flexibility index (Phi) is 6.74. The number of aryl methyl sites for hydroxylation is 2. The molecule has 0 atom stereocenters. The zero-order valence-electron chi connectivity index (χ0n) is 15.9. The Morgan fingerprint density at radius 2 is 2.14 bits per heavy atom. The topological polar surface area (TPSA) is 76.9 Å². The van der Waals surface area contributed by atoms with Gasteiger partial charge < -0.3 is 5.32 Å². The van der Waals surface area contributed by atoms with E-state index in [0.29, 0.717) is 27.9 Å². The van der Waals surface area contributed by atoms with Gasteiger partial charge in [0.15, 0.2) is 5.16 Å². The molecule has 0 saturated heterocycles. The van der Waals surface area contributed by atoms with Gasteiger partial charge in [-0.2, -0.15) is 0 Å². The maximum atomic E-state index is 13.1. The number of thiophene rings is 1. The van der Waals surface area contributed by atoms with E-state index in [-0.39, 0.29) is 17.2 Å². The lowest BCUT2D eigenvalue weighted by Crippen LogP contribution is -2.24. The fraction of sp³-hybridized carbons (Fsp3) is 0.368. The van der Waals surface area contributed by atoms with E-state index < -0.39 is 0 Å². The number of hydrogen-bond donors (Lipinski definition) is 1. The summed E-state index contributed by atoms with van der Waals surface area (Å²) >= 11 is 8.59. The van der Waals surface area contributed by atoms with Crippen LogP contribution >= 0.6 is 34.7 Å². The van der Waals surface area contributed by atoms with Crippen molar-refractivity contribution in [3.05, 3.63) is 44.1 Å². The molecular formula is C19H21ClN4O2S2. The Hall–Kier alpha value is -1.90. The number of halogens is 1. The highest BCUT2D eigenvalue weighted by Crippen LogP contribution is 2.28. The second-order valence-corrected chi connectivity index (χ2v) is 8.95. The van der Waals surface area contributed by atoms with E-state index in [4.69, 9.17) is 16.6 Å². The summed E-state index contributed by atoms with van der Waals surface area (Å²) in [7, 11) is 0. The van der Waals surface area contributed by atoms with Crippen LogP contribution < -0.4 is 10.9 Å². The number of aromatic nitrogens is 3. The van der Waals surface area contributed by atoms with Crippen LogP contribution in [-0.4, -0.2) is 26.2 Å². The molecular weight excluding hydrogens is 416 g/mol. The van der Waals surface area contributed by atoms with Crippen molar-refractivity contribution in [2.24, 2.45) is 0 Å². The molecule has 3 aromatic rings. The second-order valence-electron chi connectivity index (χ2n) is 6.37. The second kappa shape index (κ2) is 9.07. The first-order valence-electron chi connectivity index (χ1n) is 8.95. The van der Waals surface area contributed by atoms with Crippen molar-refractivity contribution in [1.82, 2.24) is 14.5 Å². The fourth-order valence-electron chi connectivity index (χ4n) is 2.69. The molecule has 0 aliphatic carbocycles. The molecule has 0 aromatic carbocycles. The largest absolute Gasteiger partial charge is 0.310 e. The summed E-state index contributed by atoms with van der Waals surface area (Å²) in [6, 6.07) is 3.31. The first kappa shape index (κ1) is 20.8. The van der Waals surface area contributed by atoms with E-state index in [9.17, 15) is 9.59 Å². The summed E-state index contributed by atoms with van der Waals surface area (Å²) < 4.78 is 1.70. The molecule has 9 heteroatoms. The predicted molar refractivity (Wildman–Crippen MR) is 117 cm³/mol. The number of unbranched alkanes of at least 4 members (excludes halogenated alkanes) is 1. The van der Waals surface area contributed by atoms with Crippen LogP contribution in [0.1, 0.15) is 30.2 Å². The molecule has 148 valence electrons. The van der Waals surface area contributed by atoms with Gasteiger partial charge >= 0.3 is 0 Å². The Morgan fingerprint density at radius 1 is 1.36 bits per heavy atom. The van der Waals surface area contributed by atoms with E-state index >= 15 is 0 Å². The van der Waals surface area contributed by atoms with Gasteiger partial charge in [-0.3, -0.25) is 14.2 Å². The van der Waals surface area contributed by atoms with Crippen molar-refractivity contribution >= 4 is 56.6 Å².